The van der Waals surface area contributed by atoms with Gasteiger partial charge >= 0.3 is 16.3 Å². The van der Waals surface area contributed by atoms with E-state index in [9.17, 15) is 21.6 Å². The van der Waals surface area contributed by atoms with Gasteiger partial charge in [-0.1, -0.05) is 24.3 Å². The maximum absolute atomic E-state index is 12.1. The molecule has 2 aromatic carbocycles. The van der Waals surface area contributed by atoms with Crippen LogP contribution in [0.15, 0.2) is 53.4 Å². The molecule has 0 heterocycles. The zero-order valence-corrected chi connectivity index (χ0v) is 20.9. The minimum absolute atomic E-state index is 0.0323. The van der Waals surface area contributed by atoms with Gasteiger partial charge in [0.1, 0.15) is 5.75 Å². The van der Waals surface area contributed by atoms with Crippen LogP contribution in [0.3, 0.4) is 0 Å². The van der Waals surface area contributed by atoms with Gasteiger partial charge in [0.15, 0.2) is 0 Å². The molecule has 13 heteroatoms. The van der Waals surface area contributed by atoms with E-state index in [1.807, 2.05) is 24.3 Å². The van der Waals surface area contributed by atoms with Crippen molar-refractivity contribution in [2.24, 2.45) is 5.14 Å². The molecule has 0 aromatic heterocycles. The van der Waals surface area contributed by atoms with Gasteiger partial charge in [0.2, 0.25) is 10.0 Å². The SMILES string of the molecule is COc1cccc(C2(CNS(=O)(=O)NC(=O)O)CCC(NCc3ccc(S(N)(=O)=O)cc3)CC2)c1. The second-order valence-electron chi connectivity index (χ2n) is 8.59. The van der Waals surface area contributed by atoms with Crippen molar-refractivity contribution in [3.63, 3.8) is 0 Å². The average molecular weight is 527 g/mol. The van der Waals surface area contributed by atoms with Crippen LogP contribution in [0.2, 0.25) is 0 Å². The topological polar surface area (TPSA) is 177 Å². The number of carbonyl (C=O) groups is 1. The van der Waals surface area contributed by atoms with Crippen molar-refractivity contribution >= 4 is 26.3 Å². The lowest BCUT2D eigenvalue weighted by molar-refractivity contribution is 0.200. The number of amides is 1. The molecule has 1 aliphatic carbocycles. The summed E-state index contributed by atoms with van der Waals surface area (Å²) in [6.45, 7) is 0.571. The monoisotopic (exact) mass is 526 g/mol. The zero-order valence-electron chi connectivity index (χ0n) is 19.2. The van der Waals surface area contributed by atoms with Gasteiger partial charge in [-0.15, -0.1) is 0 Å². The Bertz CT molecular complexity index is 1240. The molecule has 3 rings (SSSR count). The highest BCUT2D eigenvalue weighted by molar-refractivity contribution is 7.89. The fourth-order valence-corrected chi connectivity index (χ4v) is 5.62. The van der Waals surface area contributed by atoms with Gasteiger partial charge in [0.05, 0.1) is 12.0 Å². The first-order valence-electron chi connectivity index (χ1n) is 10.9. The molecule has 1 saturated carbocycles. The van der Waals surface area contributed by atoms with Gasteiger partial charge in [-0.2, -0.15) is 13.1 Å². The molecule has 1 amide bonds. The Morgan fingerprint density at radius 3 is 2.34 bits per heavy atom. The van der Waals surface area contributed by atoms with Crippen molar-refractivity contribution in [2.45, 2.75) is 48.6 Å². The van der Waals surface area contributed by atoms with Gasteiger partial charge in [0.25, 0.3) is 0 Å². The summed E-state index contributed by atoms with van der Waals surface area (Å²) in [5.41, 5.74) is 1.28. The van der Waals surface area contributed by atoms with Crippen molar-refractivity contribution in [1.29, 1.82) is 0 Å². The van der Waals surface area contributed by atoms with E-state index < -0.39 is 31.7 Å². The third-order valence-electron chi connectivity index (χ3n) is 6.29. The maximum Gasteiger partial charge on any atom is 0.419 e. The Hall–Kier alpha value is -2.71. The highest BCUT2D eigenvalue weighted by Gasteiger charge is 2.38. The first kappa shape index (κ1) is 26.9. The van der Waals surface area contributed by atoms with E-state index in [1.165, 1.54) is 16.9 Å². The minimum atomic E-state index is -4.21. The van der Waals surface area contributed by atoms with E-state index in [-0.39, 0.29) is 17.5 Å². The predicted octanol–water partition coefficient (Wildman–Crippen LogP) is 1.41. The number of hydrogen-bond donors (Lipinski definition) is 5. The number of benzene rings is 2. The number of nitrogens with two attached hydrogens (primary N) is 1. The highest BCUT2D eigenvalue weighted by Crippen LogP contribution is 2.40. The summed E-state index contributed by atoms with van der Waals surface area (Å²) in [6.07, 6.45) is 1.15. The third kappa shape index (κ3) is 7.39. The summed E-state index contributed by atoms with van der Waals surface area (Å²) in [7, 11) is -6.39. The van der Waals surface area contributed by atoms with Gasteiger partial charge in [0, 0.05) is 24.5 Å². The van der Waals surface area contributed by atoms with Crippen molar-refractivity contribution in [1.82, 2.24) is 14.8 Å². The van der Waals surface area contributed by atoms with E-state index >= 15 is 0 Å². The number of hydrogen-bond acceptors (Lipinski definition) is 7. The van der Waals surface area contributed by atoms with Crippen LogP contribution in [0.1, 0.15) is 36.8 Å². The first-order chi connectivity index (χ1) is 16.4. The number of rotatable bonds is 10. The summed E-state index contributed by atoms with van der Waals surface area (Å²) >= 11 is 0. The lowest BCUT2D eigenvalue weighted by atomic mass is 9.68. The molecular weight excluding hydrogens is 496 g/mol. The molecule has 0 spiro atoms. The van der Waals surface area contributed by atoms with Crippen LogP contribution >= 0.6 is 0 Å². The number of primary sulfonamides is 1. The van der Waals surface area contributed by atoms with Crippen LogP contribution in [0.4, 0.5) is 4.79 Å². The molecule has 2 aromatic rings. The molecule has 35 heavy (non-hydrogen) atoms. The van der Waals surface area contributed by atoms with Crippen LogP contribution in [0, 0.1) is 0 Å². The van der Waals surface area contributed by atoms with Crippen LogP contribution in [-0.4, -0.2) is 47.7 Å². The smallest absolute Gasteiger partial charge is 0.419 e. The van der Waals surface area contributed by atoms with E-state index in [0.29, 0.717) is 25.1 Å². The van der Waals surface area contributed by atoms with Crippen molar-refractivity contribution in [2.75, 3.05) is 13.7 Å². The Morgan fingerprint density at radius 1 is 1.11 bits per heavy atom. The molecule has 0 atom stereocenters. The second-order valence-corrected chi connectivity index (χ2v) is 11.6. The Balaban J connectivity index is 1.69. The molecule has 0 saturated heterocycles. The van der Waals surface area contributed by atoms with Gasteiger partial charge in [-0.3, -0.25) is 0 Å². The van der Waals surface area contributed by atoms with Crippen molar-refractivity contribution in [3.8, 4) is 5.75 Å². The quantitative estimate of drug-likeness (QED) is 0.308. The number of nitrogens with one attached hydrogen (secondary N) is 3. The summed E-state index contributed by atoms with van der Waals surface area (Å²) < 4.78 is 56.3. The lowest BCUT2D eigenvalue weighted by Gasteiger charge is -2.41. The molecule has 1 aliphatic rings. The summed E-state index contributed by atoms with van der Waals surface area (Å²) in [6, 6.07) is 14.0. The van der Waals surface area contributed by atoms with Crippen LogP contribution in [0.25, 0.3) is 0 Å². The van der Waals surface area contributed by atoms with Gasteiger partial charge in [-0.25, -0.2) is 23.1 Å². The summed E-state index contributed by atoms with van der Waals surface area (Å²) in [4.78, 5) is 10.9. The largest absolute Gasteiger partial charge is 0.497 e. The van der Waals surface area contributed by atoms with Crippen molar-refractivity contribution < 1.29 is 31.5 Å². The van der Waals surface area contributed by atoms with E-state index in [0.717, 1.165) is 24.0 Å². The van der Waals surface area contributed by atoms with Crippen LogP contribution in [0.5, 0.6) is 5.75 Å². The van der Waals surface area contributed by atoms with Crippen LogP contribution < -0.4 is 24.6 Å². The molecule has 6 N–H and O–H groups in total. The third-order valence-corrected chi connectivity index (χ3v) is 8.19. The normalized spacial score (nSPS) is 20.8. The average Bonchev–Trinajstić information content (AvgIpc) is 2.81. The number of carboxylic acid groups (broad SMARTS) is 1. The van der Waals surface area contributed by atoms with E-state index in [1.54, 1.807) is 19.2 Å². The predicted molar refractivity (Wildman–Crippen MR) is 130 cm³/mol. The zero-order chi connectivity index (χ0) is 25.7. The fraction of sp³-hybridized carbons (Fsp3) is 0.409. The fourth-order valence-electron chi connectivity index (χ4n) is 4.34. The molecule has 0 unspecified atom stereocenters. The highest BCUT2D eigenvalue weighted by atomic mass is 32.2. The molecule has 11 nitrogen and oxygen atoms in total. The Labute approximate surface area is 205 Å². The molecule has 192 valence electrons. The summed E-state index contributed by atoms with van der Waals surface area (Å²) in [5.74, 6) is 0.650. The second kappa shape index (κ2) is 10.9. The van der Waals surface area contributed by atoms with Gasteiger partial charge in [-0.05, 0) is 61.1 Å². The number of ether oxygens (including phenoxy) is 1. The lowest BCUT2D eigenvalue weighted by Crippen LogP contribution is -2.49. The van der Waals surface area contributed by atoms with E-state index in [2.05, 4.69) is 10.0 Å². The Kier molecular flexibility index (Phi) is 8.38. The molecule has 0 radical (unpaired) electrons. The standard InChI is InChI=1S/C22H30N4O7S2/c1-33-19-4-2-3-17(13-19)22(15-25-35(31,32)26-21(27)28)11-9-18(10-12-22)24-14-16-5-7-20(8-6-16)34(23,29)30/h2-8,13,18,24-26H,9-12,14-15H2,1H3,(H,27,28)(H2,23,29,30). The molecular formula is C22H30N4O7S2. The Morgan fingerprint density at radius 2 is 1.77 bits per heavy atom. The first-order valence-corrected chi connectivity index (χ1v) is 14.0. The number of sulfonamides is 1. The van der Waals surface area contributed by atoms with Gasteiger partial charge < -0.3 is 15.2 Å². The molecule has 0 aliphatic heterocycles. The molecule has 0 bridgehead atoms. The minimum Gasteiger partial charge on any atom is -0.497 e. The van der Waals surface area contributed by atoms with E-state index in [4.69, 9.17) is 15.0 Å². The molecule has 1 fully saturated rings. The van der Waals surface area contributed by atoms with Crippen molar-refractivity contribution in [3.05, 3.63) is 59.7 Å². The van der Waals surface area contributed by atoms with Crippen LogP contribution in [-0.2, 0) is 32.2 Å². The number of methoxy groups -OCH3 is 1. The maximum atomic E-state index is 12.1. The summed E-state index contributed by atoms with van der Waals surface area (Å²) in [5, 5.41) is 17.4.